The van der Waals surface area contributed by atoms with Gasteiger partial charge in [0.05, 0.1) is 12.4 Å². The summed E-state index contributed by atoms with van der Waals surface area (Å²) in [6.07, 6.45) is 0. The molecule has 0 aromatic heterocycles. The van der Waals surface area contributed by atoms with Crippen LogP contribution in [-0.2, 0) is 14.3 Å². The quantitative estimate of drug-likeness (QED) is 0.575. The van der Waals surface area contributed by atoms with Gasteiger partial charge < -0.3 is 14.8 Å². The van der Waals surface area contributed by atoms with Gasteiger partial charge in [0, 0.05) is 10.6 Å². The third kappa shape index (κ3) is 6.51. The van der Waals surface area contributed by atoms with Crippen molar-refractivity contribution >= 4 is 29.3 Å². The van der Waals surface area contributed by atoms with Crippen molar-refractivity contribution in [2.45, 2.75) is 18.7 Å². The minimum atomic E-state index is -0.421. The van der Waals surface area contributed by atoms with Gasteiger partial charge in [0.2, 0.25) is 0 Å². The maximum Gasteiger partial charge on any atom is 0.316 e. The lowest BCUT2D eigenvalue weighted by Crippen LogP contribution is -2.21. The lowest BCUT2D eigenvalue weighted by atomic mass is 10.2. The molecule has 0 spiro atoms. The Labute approximate surface area is 151 Å². The number of esters is 1. The fourth-order valence-electron chi connectivity index (χ4n) is 2.04. The van der Waals surface area contributed by atoms with E-state index >= 15 is 0 Å². The average molecular weight is 359 g/mol. The minimum Gasteiger partial charge on any atom is -0.494 e. The molecule has 6 heteroatoms. The van der Waals surface area contributed by atoms with E-state index in [0.717, 1.165) is 16.2 Å². The number of anilines is 1. The molecule has 2 aromatic carbocycles. The van der Waals surface area contributed by atoms with Crippen molar-refractivity contribution in [2.75, 3.05) is 24.3 Å². The van der Waals surface area contributed by atoms with Gasteiger partial charge in [-0.05, 0) is 49.7 Å². The second-order valence-electron chi connectivity index (χ2n) is 5.22. The molecular formula is C19H21NO4S. The predicted molar refractivity (Wildman–Crippen MR) is 99.1 cm³/mol. The summed E-state index contributed by atoms with van der Waals surface area (Å²) in [6.45, 7) is 4.17. The SMILES string of the molecule is CCOc1ccc(NC(=O)COC(=O)CSc2ccccc2C)cc1. The summed E-state index contributed by atoms with van der Waals surface area (Å²) in [6, 6.07) is 14.8. The molecule has 0 aliphatic heterocycles. The lowest BCUT2D eigenvalue weighted by Gasteiger charge is -2.08. The van der Waals surface area contributed by atoms with Crippen LogP contribution in [0.4, 0.5) is 5.69 Å². The second-order valence-corrected chi connectivity index (χ2v) is 6.24. The Morgan fingerprint density at radius 2 is 1.80 bits per heavy atom. The zero-order chi connectivity index (χ0) is 18.1. The van der Waals surface area contributed by atoms with Gasteiger partial charge in [-0.15, -0.1) is 11.8 Å². The molecule has 132 valence electrons. The number of hydrogen-bond donors (Lipinski definition) is 1. The molecule has 5 nitrogen and oxygen atoms in total. The van der Waals surface area contributed by atoms with Crippen LogP contribution in [0.5, 0.6) is 5.75 Å². The highest BCUT2D eigenvalue weighted by molar-refractivity contribution is 8.00. The largest absolute Gasteiger partial charge is 0.494 e. The molecule has 0 aliphatic carbocycles. The summed E-state index contributed by atoms with van der Waals surface area (Å²) in [5, 5.41) is 2.67. The van der Waals surface area contributed by atoms with E-state index in [-0.39, 0.29) is 18.3 Å². The third-order valence-electron chi connectivity index (χ3n) is 3.25. The van der Waals surface area contributed by atoms with Gasteiger partial charge >= 0.3 is 5.97 Å². The lowest BCUT2D eigenvalue weighted by molar-refractivity contribution is -0.144. The predicted octanol–water partition coefficient (Wildman–Crippen LogP) is 3.67. The summed E-state index contributed by atoms with van der Waals surface area (Å²) in [4.78, 5) is 24.6. The van der Waals surface area contributed by atoms with E-state index in [4.69, 9.17) is 9.47 Å². The van der Waals surface area contributed by atoms with Crippen LogP contribution in [0.15, 0.2) is 53.4 Å². The fourth-order valence-corrected chi connectivity index (χ4v) is 2.87. The number of aryl methyl sites for hydroxylation is 1. The number of hydrogen-bond acceptors (Lipinski definition) is 5. The Kier molecular flexibility index (Phi) is 7.35. The first-order valence-corrected chi connectivity index (χ1v) is 8.94. The van der Waals surface area contributed by atoms with Gasteiger partial charge in [-0.1, -0.05) is 18.2 Å². The van der Waals surface area contributed by atoms with Crippen LogP contribution in [0.1, 0.15) is 12.5 Å². The first kappa shape index (κ1) is 18.9. The third-order valence-corrected chi connectivity index (χ3v) is 4.40. The maximum absolute atomic E-state index is 11.8. The number of benzene rings is 2. The normalized spacial score (nSPS) is 10.2. The Hall–Kier alpha value is -2.47. The van der Waals surface area contributed by atoms with Crippen molar-refractivity contribution < 1.29 is 19.1 Å². The van der Waals surface area contributed by atoms with E-state index in [0.29, 0.717) is 12.3 Å². The second kappa shape index (κ2) is 9.74. The number of amides is 1. The van der Waals surface area contributed by atoms with Gasteiger partial charge in [0.25, 0.3) is 5.91 Å². The average Bonchev–Trinajstić information content (AvgIpc) is 2.61. The highest BCUT2D eigenvalue weighted by Crippen LogP contribution is 2.21. The van der Waals surface area contributed by atoms with Crippen LogP contribution in [0, 0.1) is 6.92 Å². The Bertz CT molecular complexity index is 716. The molecule has 0 heterocycles. The summed E-state index contributed by atoms with van der Waals surface area (Å²) >= 11 is 1.40. The number of rotatable bonds is 8. The Morgan fingerprint density at radius 3 is 2.48 bits per heavy atom. The van der Waals surface area contributed by atoms with Crippen molar-refractivity contribution in [1.82, 2.24) is 0 Å². The van der Waals surface area contributed by atoms with E-state index in [9.17, 15) is 9.59 Å². The van der Waals surface area contributed by atoms with Crippen LogP contribution < -0.4 is 10.1 Å². The Balaban J connectivity index is 1.72. The maximum atomic E-state index is 11.8. The summed E-state index contributed by atoms with van der Waals surface area (Å²) in [7, 11) is 0. The number of ether oxygens (including phenoxy) is 2. The molecular weight excluding hydrogens is 338 g/mol. The topological polar surface area (TPSA) is 64.6 Å². The van der Waals surface area contributed by atoms with Gasteiger partial charge in [0.15, 0.2) is 6.61 Å². The molecule has 2 rings (SSSR count). The molecule has 0 unspecified atom stereocenters. The van der Waals surface area contributed by atoms with E-state index in [2.05, 4.69) is 5.32 Å². The number of nitrogens with one attached hydrogen (secondary N) is 1. The Morgan fingerprint density at radius 1 is 1.08 bits per heavy atom. The zero-order valence-corrected chi connectivity index (χ0v) is 15.1. The first-order chi connectivity index (χ1) is 12.1. The molecule has 0 radical (unpaired) electrons. The molecule has 0 aliphatic rings. The van der Waals surface area contributed by atoms with E-state index in [1.807, 2.05) is 38.1 Å². The van der Waals surface area contributed by atoms with Crippen LogP contribution >= 0.6 is 11.8 Å². The summed E-state index contributed by atoms with van der Waals surface area (Å²) in [5.74, 6) is 0.106. The summed E-state index contributed by atoms with van der Waals surface area (Å²) in [5.41, 5.74) is 1.73. The molecule has 1 N–H and O–H groups in total. The smallest absolute Gasteiger partial charge is 0.316 e. The standard InChI is InChI=1S/C19H21NO4S/c1-3-23-16-10-8-15(9-11-16)20-18(21)12-24-19(22)13-25-17-7-5-4-6-14(17)2/h4-11H,3,12-13H2,1-2H3,(H,20,21). The fraction of sp³-hybridized carbons (Fsp3) is 0.263. The number of thioether (sulfide) groups is 1. The van der Waals surface area contributed by atoms with Crippen molar-refractivity contribution in [2.24, 2.45) is 0 Å². The molecule has 0 saturated heterocycles. The number of carbonyl (C=O) groups is 2. The van der Waals surface area contributed by atoms with E-state index in [1.165, 1.54) is 11.8 Å². The van der Waals surface area contributed by atoms with Gasteiger partial charge in [-0.3, -0.25) is 9.59 Å². The van der Waals surface area contributed by atoms with Crippen LogP contribution in [-0.4, -0.2) is 30.8 Å². The molecule has 25 heavy (non-hydrogen) atoms. The highest BCUT2D eigenvalue weighted by Gasteiger charge is 2.09. The van der Waals surface area contributed by atoms with E-state index < -0.39 is 5.97 Å². The molecule has 1 amide bonds. The first-order valence-electron chi connectivity index (χ1n) is 7.95. The van der Waals surface area contributed by atoms with Gasteiger partial charge in [0.1, 0.15) is 5.75 Å². The number of carbonyl (C=O) groups excluding carboxylic acids is 2. The van der Waals surface area contributed by atoms with Crippen molar-refractivity contribution in [3.05, 3.63) is 54.1 Å². The van der Waals surface area contributed by atoms with Crippen molar-refractivity contribution in [3.8, 4) is 5.75 Å². The molecule has 0 fully saturated rings. The summed E-state index contributed by atoms with van der Waals surface area (Å²) < 4.78 is 10.3. The van der Waals surface area contributed by atoms with Crippen LogP contribution in [0.3, 0.4) is 0 Å². The molecule has 0 bridgehead atoms. The minimum absolute atomic E-state index is 0.168. The van der Waals surface area contributed by atoms with E-state index in [1.54, 1.807) is 24.3 Å². The van der Waals surface area contributed by atoms with Crippen LogP contribution in [0.2, 0.25) is 0 Å². The molecule has 2 aromatic rings. The van der Waals surface area contributed by atoms with Crippen molar-refractivity contribution in [3.63, 3.8) is 0 Å². The zero-order valence-electron chi connectivity index (χ0n) is 14.3. The van der Waals surface area contributed by atoms with Gasteiger partial charge in [-0.2, -0.15) is 0 Å². The monoisotopic (exact) mass is 359 g/mol. The van der Waals surface area contributed by atoms with Crippen molar-refractivity contribution in [1.29, 1.82) is 0 Å². The molecule has 0 saturated carbocycles. The highest BCUT2D eigenvalue weighted by atomic mass is 32.2. The van der Waals surface area contributed by atoms with Crippen LogP contribution in [0.25, 0.3) is 0 Å². The molecule has 0 atom stereocenters. The van der Waals surface area contributed by atoms with Gasteiger partial charge in [-0.25, -0.2) is 0 Å².